The van der Waals surface area contributed by atoms with Crippen molar-refractivity contribution in [3.05, 3.63) is 23.8 Å². The fraction of sp³-hybridized carbons (Fsp3) is 0.611. The highest BCUT2D eigenvalue weighted by Gasteiger charge is 2.23. The molecule has 0 aromatic heterocycles. The number of sulfonamides is 1. The summed E-state index contributed by atoms with van der Waals surface area (Å²) in [6, 6.07) is 4.86. The van der Waals surface area contributed by atoms with E-state index in [4.69, 9.17) is 0 Å². The zero-order chi connectivity index (χ0) is 18.3. The maximum absolute atomic E-state index is 12.9. The lowest BCUT2D eigenvalue weighted by Gasteiger charge is -2.27. The van der Waals surface area contributed by atoms with Crippen molar-refractivity contribution in [1.29, 1.82) is 0 Å². The predicted octanol–water partition coefficient (Wildman–Crippen LogP) is 3.50. The SMILES string of the molecule is CCCCCNS(=O)(=O)c1ccc(SC)c(C(=O)N2CCCCC2)c1. The van der Waals surface area contributed by atoms with Gasteiger partial charge in [0.15, 0.2) is 0 Å². The smallest absolute Gasteiger partial charge is 0.255 e. The quantitative estimate of drug-likeness (QED) is 0.550. The molecule has 1 N–H and O–H groups in total. The van der Waals surface area contributed by atoms with Gasteiger partial charge in [-0.1, -0.05) is 19.8 Å². The molecular formula is C18H28N2O3S2. The molecule has 0 radical (unpaired) electrons. The van der Waals surface area contributed by atoms with Crippen LogP contribution in [0.3, 0.4) is 0 Å². The van der Waals surface area contributed by atoms with Crippen LogP contribution in [0.1, 0.15) is 55.8 Å². The highest BCUT2D eigenvalue weighted by atomic mass is 32.2. The number of benzene rings is 1. The van der Waals surface area contributed by atoms with Gasteiger partial charge in [-0.05, 0) is 50.1 Å². The van der Waals surface area contributed by atoms with E-state index in [9.17, 15) is 13.2 Å². The van der Waals surface area contributed by atoms with Crippen molar-refractivity contribution in [2.24, 2.45) is 0 Å². The minimum atomic E-state index is -3.58. The van der Waals surface area contributed by atoms with Crippen molar-refractivity contribution in [1.82, 2.24) is 9.62 Å². The number of rotatable bonds is 8. The standard InChI is InChI=1S/C18H28N2O3S2/c1-3-4-6-11-19-25(22,23)15-9-10-17(24-2)16(14-15)18(21)20-12-7-5-8-13-20/h9-10,14,19H,3-8,11-13H2,1-2H3. The van der Waals surface area contributed by atoms with Crippen LogP contribution in [-0.4, -0.2) is 45.1 Å². The summed E-state index contributed by atoms with van der Waals surface area (Å²) >= 11 is 1.47. The van der Waals surface area contributed by atoms with E-state index in [-0.39, 0.29) is 10.8 Å². The van der Waals surface area contributed by atoms with Gasteiger partial charge in [0.1, 0.15) is 0 Å². The van der Waals surface area contributed by atoms with Gasteiger partial charge >= 0.3 is 0 Å². The van der Waals surface area contributed by atoms with E-state index in [1.165, 1.54) is 17.8 Å². The normalized spacial score (nSPS) is 15.4. The molecule has 1 aromatic carbocycles. The van der Waals surface area contributed by atoms with E-state index in [1.54, 1.807) is 12.1 Å². The molecule has 5 nitrogen and oxygen atoms in total. The maximum Gasteiger partial charge on any atom is 0.255 e. The Bertz CT molecular complexity index is 684. The Labute approximate surface area is 155 Å². The molecule has 25 heavy (non-hydrogen) atoms. The van der Waals surface area contributed by atoms with E-state index < -0.39 is 10.0 Å². The number of carbonyl (C=O) groups excluding carboxylic acids is 1. The van der Waals surface area contributed by atoms with E-state index >= 15 is 0 Å². The Morgan fingerprint density at radius 2 is 1.92 bits per heavy atom. The first-order valence-electron chi connectivity index (χ1n) is 8.96. The lowest BCUT2D eigenvalue weighted by molar-refractivity contribution is 0.0720. The van der Waals surface area contributed by atoms with Crippen molar-refractivity contribution < 1.29 is 13.2 Å². The largest absolute Gasteiger partial charge is 0.339 e. The Kier molecular flexibility index (Phi) is 7.78. The number of hydrogen-bond acceptors (Lipinski definition) is 4. The second kappa shape index (κ2) is 9.59. The number of thioether (sulfide) groups is 1. The van der Waals surface area contributed by atoms with Gasteiger partial charge in [-0.2, -0.15) is 0 Å². The monoisotopic (exact) mass is 384 g/mol. The van der Waals surface area contributed by atoms with Gasteiger partial charge in [-0.3, -0.25) is 4.79 Å². The van der Waals surface area contributed by atoms with Crippen LogP contribution < -0.4 is 4.72 Å². The maximum atomic E-state index is 12.9. The van der Waals surface area contributed by atoms with Crippen molar-refractivity contribution in [3.63, 3.8) is 0 Å². The fourth-order valence-corrected chi connectivity index (χ4v) is 4.62. The Hall–Kier alpha value is -1.05. The zero-order valence-corrected chi connectivity index (χ0v) is 16.7. The second-order valence-corrected chi connectivity index (χ2v) is 8.93. The third-order valence-electron chi connectivity index (χ3n) is 4.43. The fourth-order valence-electron chi connectivity index (χ4n) is 2.95. The molecule has 2 rings (SSSR count). The van der Waals surface area contributed by atoms with Crippen molar-refractivity contribution in [3.8, 4) is 0 Å². The number of piperidine rings is 1. The number of unbranched alkanes of at least 4 members (excludes halogenated alkanes) is 2. The number of carbonyl (C=O) groups is 1. The number of amides is 1. The number of nitrogens with zero attached hydrogens (tertiary/aromatic N) is 1. The molecule has 140 valence electrons. The van der Waals surface area contributed by atoms with Gasteiger partial charge in [0.2, 0.25) is 10.0 Å². The molecule has 1 fully saturated rings. The average Bonchev–Trinajstić information content (AvgIpc) is 2.65. The van der Waals surface area contributed by atoms with Crippen LogP contribution in [-0.2, 0) is 10.0 Å². The Balaban J connectivity index is 2.22. The summed E-state index contributed by atoms with van der Waals surface area (Å²) in [5.74, 6) is -0.0629. The molecule has 0 spiro atoms. The van der Waals surface area contributed by atoms with Crippen LogP contribution in [0.5, 0.6) is 0 Å². The van der Waals surface area contributed by atoms with Crippen LogP contribution in [0.4, 0.5) is 0 Å². The van der Waals surface area contributed by atoms with Crippen molar-refractivity contribution >= 4 is 27.7 Å². The highest BCUT2D eigenvalue weighted by Crippen LogP contribution is 2.26. The van der Waals surface area contributed by atoms with Gasteiger partial charge in [0, 0.05) is 24.5 Å². The van der Waals surface area contributed by atoms with E-state index in [0.29, 0.717) is 12.1 Å². The highest BCUT2D eigenvalue weighted by molar-refractivity contribution is 7.98. The summed E-state index contributed by atoms with van der Waals surface area (Å²) in [5.41, 5.74) is 0.492. The van der Waals surface area contributed by atoms with Crippen molar-refractivity contribution in [2.75, 3.05) is 25.9 Å². The third-order valence-corrected chi connectivity index (χ3v) is 6.68. The minimum Gasteiger partial charge on any atom is -0.339 e. The van der Waals surface area contributed by atoms with Crippen LogP contribution in [0.15, 0.2) is 28.0 Å². The molecule has 1 heterocycles. The second-order valence-electron chi connectivity index (χ2n) is 6.32. The molecule has 7 heteroatoms. The van der Waals surface area contributed by atoms with E-state index in [0.717, 1.165) is 56.5 Å². The first kappa shape index (κ1) is 20.3. The van der Waals surface area contributed by atoms with Gasteiger partial charge in [-0.25, -0.2) is 13.1 Å². The first-order valence-corrected chi connectivity index (χ1v) is 11.7. The summed E-state index contributed by atoms with van der Waals surface area (Å²) in [4.78, 5) is 15.7. The summed E-state index contributed by atoms with van der Waals surface area (Å²) in [7, 11) is -3.58. The Morgan fingerprint density at radius 3 is 2.56 bits per heavy atom. The number of hydrogen-bond donors (Lipinski definition) is 1. The molecule has 1 aromatic rings. The molecule has 1 aliphatic rings. The molecule has 0 unspecified atom stereocenters. The van der Waals surface area contributed by atoms with Crippen LogP contribution in [0, 0.1) is 0 Å². The first-order chi connectivity index (χ1) is 12.0. The molecular weight excluding hydrogens is 356 g/mol. The van der Waals surface area contributed by atoms with Crippen LogP contribution >= 0.6 is 11.8 Å². The summed E-state index contributed by atoms with van der Waals surface area (Å²) in [5, 5.41) is 0. The third kappa shape index (κ3) is 5.46. The molecule has 0 saturated carbocycles. The summed E-state index contributed by atoms with van der Waals surface area (Å²) in [6.45, 7) is 4.00. The molecule has 1 saturated heterocycles. The predicted molar refractivity (Wildman–Crippen MR) is 103 cm³/mol. The Morgan fingerprint density at radius 1 is 1.20 bits per heavy atom. The number of likely N-dealkylation sites (tertiary alicyclic amines) is 1. The lowest BCUT2D eigenvalue weighted by atomic mass is 10.1. The molecule has 0 aliphatic carbocycles. The molecule has 0 atom stereocenters. The van der Waals surface area contributed by atoms with Gasteiger partial charge < -0.3 is 4.90 Å². The van der Waals surface area contributed by atoms with Gasteiger partial charge in [-0.15, -0.1) is 11.8 Å². The van der Waals surface area contributed by atoms with Gasteiger partial charge in [0.05, 0.1) is 10.5 Å². The topological polar surface area (TPSA) is 66.5 Å². The lowest BCUT2D eigenvalue weighted by Crippen LogP contribution is -2.36. The summed E-state index contributed by atoms with van der Waals surface area (Å²) in [6.07, 6.45) is 7.92. The molecule has 0 bridgehead atoms. The molecule has 1 amide bonds. The number of nitrogens with one attached hydrogen (secondary N) is 1. The van der Waals surface area contributed by atoms with Crippen LogP contribution in [0.2, 0.25) is 0 Å². The zero-order valence-electron chi connectivity index (χ0n) is 15.1. The average molecular weight is 385 g/mol. The summed E-state index contributed by atoms with van der Waals surface area (Å²) < 4.78 is 27.6. The van der Waals surface area contributed by atoms with Gasteiger partial charge in [0.25, 0.3) is 5.91 Å². The van der Waals surface area contributed by atoms with E-state index in [1.807, 2.05) is 11.2 Å². The van der Waals surface area contributed by atoms with Crippen LogP contribution in [0.25, 0.3) is 0 Å². The minimum absolute atomic E-state index is 0.0629. The van der Waals surface area contributed by atoms with Crippen molar-refractivity contribution in [2.45, 2.75) is 55.2 Å². The molecule has 1 aliphatic heterocycles. The van der Waals surface area contributed by atoms with E-state index in [2.05, 4.69) is 11.6 Å².